The Kier molecular flexibility index (Phi) is 5.61. The molecule has 4 nitrogen and oxygen atoms in total. The van der Waals surface area contributed by atoms with Crippen LogP contribution in [-0.4, -0.2) is 17.1 Å². The van der Waals surface area contributed by atoms with Gasteiger partial charge in [0.25, 0.3) is 0 Å². The number of para-hydroxylation sites is 1. The van der Waals surface area contributed by atoms with Crippen LogP contribution >= 0.6 is 0 Å². The van der Waals surface area contributed by atoms with Gasteiger partial charge in [0.05, 0.1) is 11.2 Å². The van der Waals surface area contributed by atoms with Gasteiger partial charge in [-0.2, -0.15) is 0 Å². The Hall–Kier alpha value is -3.53. The highest BCUT2D eigenvalue weighted by atomic mass is 16.6. The minimum Gasteiger partial charge on any atom is -0.479 e. The van der Waals surface area contributed by atoms with Crippen LogP contribution < -0.4 is 4.74 Å². The van der Waals surface area contributed by atoms with Gasteiger partial charge < -0.3 is 14.0 Å². The van der Waals surface area contributed by atoms with E-state index in [4.69, 9.17) is 9.47 Å². The van der Waals surface area contributed by atoms with Gasteiger partial charge in [-0.05, 0) is 30.2 Å². The SMILES string of the molecule is Cc1c(OCC(=O)OCc2ccccc2)c2ccccc2n1Cc1ccccc1. The van der Waals surface area contributed by atoms with Gasteiger partial charge >= 0.3 is 5.97 Å². The molecule has 0 bridgehead atoms. The summed E-state index contributed by atoms with van der Waals surface area (Å²) in [5.41, 5.74) is 4.24. The van der Waals surface area contributed by atoms with Crippen LogP contribution in [0.2, 0.25) is 0 Å². The van der Waals surface area contributed by atoms with Crippen molar-refractivity contribution in [2.24, 2.45) is 0 Å². The van der Waals surface area contributed by atoms with Gasteiger partial charge in [0, 0.05) is 11.9 Å². The number of hydrogen-bond acceptors (Lipinski definition) is 3. The number of nitrogens with zero attached hydrogens (tertiary/aromatic N) is 1. The highest BCUT2D eigenvalue weighted by Crippen LogP contribution is 2.33. The van der Waals surface area contributed by atoms with Gasteiger partial charge in [-0.25, -0.2) is 4.79 Å². The van der Waals surface area contributed by atoms with E-state index in [1.807, 2.05) is 73.7 Å². The number of ether oxygens (including phenoxy) is 2. The molecule has 0 amide bonds. The molecule has 0 aliphatic carbocycles. The second-order valence-corrected chi connectivity index (χ2v) is 6.94. The molecule has 0 atom stereocenters. The van der Waals surface area contributed by atoms with E-state index in [9.17, 15) is 4.79 Å². The van der Waals surface area contributed by atoms with Gasteiger partial charge in [0.15, 0.2) is 6.61 Å². The summed E-state index contributed by atoms with van der Waals surface area (Å²) < 4.78 is 13.5. The predicted octanol–water partition coefficient (Wildman–Crippen LogP) is 5.12. The second-order valence-electron chi connectivity index (χ2n) is 6.94. The van der Waals surface area contributed by atoms with Crippen molar-refractivity contribution < 1.29 is 14.3 Å². The molecular weight excluding hydrogens is 362 g/mol. The van der Waals surface area contributed by atoms with E-state index in [-0.39, 0.29) is 19.2 Å². The van der Waals surface area contributed by atoms with Crippen molar-refractivity contribution >= 4 is 16.9 Å². The van der Waals surface area contributed by atoms with Crippen LogP contribution in [0.1, 0.15) is 16.8 Å². The molecule has 0 N–H and O–H groups in total. The first kappa shape index (κ1) is 18.8. The maximum Gasteiger partial charge on any atom is 0.344 e. The number of hydrogen-bond donors (Lipinski definition) is 0. The summed E-state index contributed by atoms with van der Waals surface area (Å²) >= 11 is 0. The van der Waals surface area contributed by atoms with Gasteiger partial charge in [0.2, 0.25) is 0 Å². The van der Waals surface area contributed by atoms with Crippen LogP contribution in [0.3, 0.4) is 0 Å². The van der Waals surface area contributed by atoms with Crippen molar-refractivity contribution in [3.63, 3.8) is 0 Å². The third-order valence-corrected chi connectivity index (χ3v) is 4.93. The molecule has 0 fully saturated rings. The molecule has 0 unspecified atom stereocenters. The quantitative estimate of drug-likeness (QED) is 0.415. The number of carbonyl (C=O) groups is 1. The van der Waals surface area contributed by atoms with Gasteiger partial charge in [-0.15, -0.1) is 0 Å². The minimum atomic E-state index is -0.381. The number of esters is 1. The van der Waals surface area contributed by atoms with Crippen molar-refractivity contribution in [1.82, 2.24) is 4.57 Å². The smallest absolute Gasteiger partial charge is 0.344 e. The summed E-state index contributed by atoms with van der Waals surface area (Å²) in [4.78, 5) is 12.2. The first-order valence-electron chi connectivity index (χ1n) is 9.66. The van der Waals surface area contributed by atoms with Crippen molar-refractivity contribution in [2.75, 3.05) is 6.61 Å². The van der Waals surface area contributed by atoms with Crippen molar-refractivity contribution in [3.8, 4) is 5.75 Å². The summed E-state index contributed by atoms with van der Waals surface area (Å²) in [5, 5.41) is 0.997. The van der Waals surface area contributed by atoms with Crippen molar-refractivity contribution in [1.29, 1.82) is 0 Å². The molecule has 29 heavy (non-hydrogen) atoms. The molecule has 4 heteroatoms. The van der Waals surface area contributed by atoms with Crippen molar-refractivity contribution in [3.05, 3.63) is 102 Å². The van der Waals surface area contributed by atoms with E-state index in [1.54, 1.807) is 0 Å². The summed E-state index contributed by atoms with van der Waals surface area (Å²) in [7, 11) is 0. The maximum atomic E-state index is 12.2. The average molecular weight is 385 g/mol. The summed E-state index contributed by atoms with van der Waals surface area (Å²) in [5.74, 6) is 0.348. The molecule has 0 aliphatic heterocycles. The third-order valence-electron chi connectivity index (χ3n) is 4.93. The number of aromatic nitrogens is 1. The zero-order chi connectivity index (χ0) is 20.1. The Bertz CT molecular complexity index is 1100. The zero-order valence-electron chi connectivity index (χ0n) is 16.4. The number of rotatable bonds is 7. The summed E-state index contributed by atoms with van der Waals surface area (Å²) in [6.45, 7) is 2.90. The fourth-order valence-corrected chi connectivity index (χ4v) is 3.46. The summed E-state index contributed by atoms with van der Waals surface area (Å²) in [6.07, 6.45) is 0. The predicted molar refractivity (Wildman–Crippen MR) is 114 cm³/mol. The highest BCUT2D eigenvalue weighted by Gasteiger charge is 2.16. The number of fused-ring (bicyclic) bond motifs is 1. The number of carbonyl (C=O) groups excluding carboxylic acids is 1. The third kappa shape index (κ3) is 4.32. The molecule has 0 aliphatic rings. The lowest BCUT2D eigenvalue weighted by Crippen LogP contribution is -2.15. The Labute approximate surface area is 170 Å². The largest absolute Gasteiger partial charge is 0.479 e. The number of benzene rings is 3. The summed E-state index contributed by atoms with van der Waals surface area (Å²) in [6, 6.07) is 28.0. The molecule has 4 rings (SSSR count). The molecule has 0 spiro atoms. The Balaban J connectivity index is 1.50. The van der Waals surface area contributed by atoms with E-state index in [0.717, 1.165) is 34.5 Å². The van der Waals surface area contributed by atoms with Gasteiger partial charge in [0.1, 0.15) is 12.4 Å². The van der Waals surface area contributed by atoms with Gasteiger partial charge in [-0.1, -0.05) is 72.8 Å². The molecule has 4 aromatic rings. The van der Waals surface area contributed by atoms with Crippen LogP contribution in [0, 0.1) is 6.92 Å². The Morgan fingerprint density at radius 1 is 0.828 bits per heavy atom. The molecule has 0 radical (unpaired) electrons. The fraction of sp³-hybridized carbons (Fsp3) is 0.160. The first-order valence-corrected chi connectivity index (χ1v) is 9.66. The van der Waals surface area contributed by atoms with Crippen LogP contribution in [-0.2, 0) is 22.7 Å². The molecule has 1 heterocycles. The van der Waals surface area contributed by atoms with E-state index in [2.05, 4.69) is 22.8 Å². The van der Waals surface area contributed by atoms with E-state index < -0.39 is 0 Å². The van der Waals surface area contributed by atoms with Crippen LogP contribution in [0.4, 0.5) is 0 Å². The normalized spacial score (nSPS) is 10.8. The van der Waals surface area contributed by atoms with Crippen LogP contribution in [0.25, 0.3) is 10.9 Å². The van der Waals surface area contributed by atoms with E-state index in [0.29, 0.717) is 0 Å². The first-order chi connectivity index (χ1) is 14.2. The second kappa shape index (κ2) is 8.65. The topological polar surface area (TPSA) is 40.5 Å². The van der Waals surface area contributed by atoms with Crippen LogP contribution in [0.5, 0.6) is 5.75 Å². The molecule has 0 saturated carbocycles. The molecule has 1 aromatic heterocycles. The minimum absolute atomic E-state index is 0.118. The molecular formula is C25H23NO3. The molecule has 146 valence electrons. The standard InChI is InChI=1S/C25H23NO3/c1-19-25(29-18-24(27)28-17-21-12-6-3-7-13-21)22-14-8-9-15-23(22)26(19)16-20-10-4-2-5-11-20/h2-15H,16-18H2,1H3. The van der Waals surface area contributed by atoms with Gasteiger partial charge in [-0.3, -0.25) is 0 Å². The molecule has 0 saturated heterocycles. The maximum absolute atomic E-state index is 12.2. The fourth-order valence-electron chi connectivity index (χ4n) is 3.46. The Morgan fingerprint density at radius 3 is 2.17 bits per heavy atom. The highest BCUT2D eigenvalue weighted by molar-refractivity contribution is 5.89. The average Bonchev–Trinajstić information content (AvgIpc) is 3.03. The van der Waals surface area contributed by atoms with Crippen molar-refractivity contribution in [2.45, 2.75) is 20.1 Å². The Morgan fingerprint density at radius 2 is 1.45 bits per heavy atom. The lowest BCUT2D eigenvalue weighted by atomic mass is 10.2. The lowest BCUT2D eigenvalue weighted by Gasteiger charge is -2.10. The monoisotopic (exact) mass is 385 g/mol. The molecule has 3 aromatic carbocycles. The van der Waals surface area contributed by atoms with Crippen LogP contribution in [0.15, 0.2) is 84.9 Å². The lowest BCUT2D eigenvalue weighted by molar-refractivity contribution is -0.147. The zero-order valence-corrected chi connectivity index (χ0v) is 16.4. The van der Waals surface area contributed by atoms with E-state index in [1.165, 1.54) is 5.56 Å². The van der Waals surface area contributed by atoms with E-state index >= 15 is 0 Å².